The van der Waals surface area contributed by atoms with Gasteiger partial charge in [-0.25, -0.2) is 10.8 Å². The number of hydrogen-bond donors (Lipinski definition) is 3. The highest BCUT2D eigenvalue weighted by Crippen LogP contribution is 2.21. The third-order valence-corrected chi connectivity index (χ3v) is 2.72. The fraction of sp³-hybridized carbons (Fsp3) is 0.417. The number of halogens is 1. The van der Waals surface area contributed by atoms with Crippen molar-refractivity contribution in [1.29, 1.82) is 0 Å². The van der Waals surface area contributed by atoms with E-state index in [1.165, 1.54) is 5.56 Å². The highest BCUT2D eigenvalue weighted by molar-refractivity contribution is 9.10. The van der Waals surface area contributed by atoms with Gasteiger partial charge in [0.25, 0.3) is 0 Å². The number of aliphatic imine (C=N–C) groups is 1. The van der Waals surface area contributed by atoms with Gasteiger partial charge in [0.1, 0.15) is 0 Å². The van der Waals surface area contributed by atoms with E-state index < -0.39 is 0 Å². The standard InChI is InChI=1S/C12H19BrN4/c1-4-9-7-10(13)5-6-11(9)16-12(17-14)15-8(2)3/h5-8H,4,14H2,1-3H3,(H2,15,16,17). The number of aryl methyl sites for hydroxylation is 1. The maximum Gasteiger partial charge on any atom is 0.210 e. The van der Waals surface area contributed by atoms with Crippen LogP contribution in [-0.2, 0) is 6.42 Å². The molecule has 0 amide bonds. The molecular weight excluding hydrogens is 280 g/mol. The van der Waals surface area contributed by atoms with Gasteiger partial charge in [0, 0.05) is 16.2 Å². The summed E-state index contributed by atoms with van der Waals surface area (Å²) in [5.41, 5.74) is 4.81. The van der Waals surface area contributed by atoms with Crippen molar-refractivity contribution in [2.24, 2.45) is 10.8 Å². The molecule has 94 valence electrons. The molecule has 0 bridgehead atoms. The molecule has 5 heteroatoms. The number of hydrogen-bond acceptors (Lipinski definition) is 2. The molecule has 0 saturated heterocycles. The van der Waals surface area contributed by atoms with Gasteiger partial charge in [-0.15, -0.1) is 0 Å². The zero-order chi connectivity index (χ0) is 12.8. The lowest BCUT2D eigenvalue weighted by atomic mass is 10.1. The van der Waals surface area contributed by atoms with Crippen molar-refractivity contribution < 1.29 is 0 Å². The van der Waals surface area contributed by atoms with Gasteiger partial charge in [0.15, 0.2) is 0 Å². The second-order valence-corrected chi connectivity index (χ2v) is 4.91. The summed E-state index contributed by atoms with van der Waals surface area (Å²) in [7, 11) is 0. The molecule has 0 heterocycles. The van der Waals surface area contributed by atoms with E-state index >= 15 is 0 Å². The van der Waals surface area contributed by atoms with Crippen LogP contribution < -0.4 is 16.6 Å². The Kier molecular flexibility index (Phi) is 5.44. The fourth-order valence-corrected chi connectivity index (χ4v) is 1.88. The summed E-state index contributed by atoms with van der Waals surface area (Å²) < 4.78 is 1.07. The van der Waals surface area contributed by atoms with Crippen molar-refractivity contribution in [1.82, 2.24) is 5.43 Å². The average molecular weight is 299 g/mol. The third-order valence-electron chi connectivity index (χ3n) is 2.23. The first-order chi connectivity index (χ1) is 8.06. The van der Waals surface area contributed by atoms with Crippen molar-refractivity contribution in [3.05, 3.63) is 28.2 Å². The van der Waals surface area contributed by atoms with E-state index in [0.29, 0.717) is 5.96 Å². The van der Waals surface area contributed by atoms with Crippen LogP contribution in [0.15, 0.2) is 27.7 Å². The predicted molar refractivity (Wildman–Crippen MR) is 77.0 cm³/mol. The van der Waals surface area contributed by atoms with Gasteiger partial charge in [-0.05, 0) is 44.0 Å². The van der Waals surface area contributed by atoms with Gasteiger partial charge in [0.05, 0.1) is 0 Å². The molecule has 4 N–H and O–H groups in total. The zero-order valence-corrected chi connectivity index (χ0v) is 12.0. The van der Waals surface area contributed by atoms with Crippen molar-refractivity contribution >= 4 is 27.6 Å². The predicted octanol–water partition coefficient (Wildman–Crippen LogP) is 2.65. The fourth-order valence-electron chi connectivity index (χ4n) is 1.47. The topological polar surface area (TPSA) is 62.4 Å². The van der Waals surface area contributed by atoms with Crippen LogP contribution in [0.2, 0.25) is 0 Å². The van der Waals surface area contributed by atoms with E-state index in [4.69, 9.17) is 5.84 Å². The molecule has 0 aliphatic carbocycles. The Labute approximate surface area is 111 Å². The molecule has 0 unspecified atom stereocenters. The summed E-state index contributed by atoms with van der Waals surface area (Å²) >= 11 is 3.46. The number of nitrogens with two attached hydrogens (primary N) is 1. The Bertz CT molecular complexity index is 401. The number of anilines is 1. The van der Waals surface area contributed by atoms with E-state index in [9.17, 15) is 0 Å². The van der Waals surface area contributed by atoms with Gasteiger partial charge in [-0.2, -0.15) is 0 Å². The van der Waals surface area contributed by atoms with Crippen LogP contribution in [-0.4, -0.2) is 12.0 Å². The molecular formula is C12H19BrN4. The number of benzene rings is 1. The molecule has 0 radical (unpaired) electrons. The Morgan fingerprint density at radius 2 is 2.18 bits per heavy atom. The number of nitrogens with zero attached hydrogens (tertiary/aromatic N) is 1. The minimum absolute atomic E-state index is 0.189. The second kappa shape index (κ2) is 6.61. The quantitative estimate of drug-likeness (QED) is 0.348. The van der Waals surface area contributed by atoms with Gasteiger partial charge in [-0.1, -0.05) is 22.9 Å². The normalized spacial score (nSPS) is 11.8. The number of rotatable bonds is 3. The molecule has 0 saturated carbocycles. The van der Waals surface area contributed by atoms with E-state index in [0.717, 1.165) is 16.6 Å². The molecule has 17 heavy (non-hydrogen) atoms. The summed E-state index contributed by atoms with van der Waals surface area (Å²) in [5.74, 6) is 6.02. The molecule has 4 nitrogen and oxygen atoms in total. The van der Waals surface area contributed by atoms with Gasteiger partial charge >= 0.3 is 0 Å². The average Bonchev–Trinajstić information content (AvgIpc) is 2.29. The van der Waals surface area contributed by atoms with Crippen LogP contribution >= 0.6 is 15.9 Å². The van der Waals surface area contributed by atoms with Crippen LogP contribution in [0.1, 0.15) is 26.3 Å². The van der Waals surface area contributed by atoms with E-state index in [1.807, 2.05) is 26.0 Å². The summed E-state index contributed by atoms with van der Waals surface area (Å²) in [5, 5.41) is 3.20. The van der Waals surface area contributed by atoms with Crippen molar-refractivity contribution in [3.63, 3.8) is 0 Å². The maximum absolute atomic E-state index is 5.44. The lowest BCUT2D eigenvalue weighted by Crippen LogP contribution is -2.37. The summed E-state index contributed by atoms with van der Waals surface area (Å²) in [4.78, 5) is 4.35. The third kappa shape index (κ3) is 4.36. The Hall–Kier alpha value is -1.07. The molecule has 1 rings (SSSR count). The second-order valence-electron chi connectivity index (χ2n) is 4.00. The van der Waals surface area contributed by atoms with Crippen LogP contribution in [0.4, 0.5) is 5.69 Å². The first-order valence-corrected chi connectivity index (χ1v) is 6.46. The summed E-state index contributed by atoms with van der Waals surface area (Å²) in [6.07, 6.45) is 0.946. The molecule has 1 aromatic rings. The van der Waals surface area contributed by atoms with E-state index in [2.05, 4.69) is 44.7 Å². The molecule has 0 fully saturated rings. The minimum atomic E-state index is 0.189. The summed E-state index contributed by atoms with van der Waals surface area (Å²) in [6, 6.07) is 6.28. The molecule has 0 spiro atoms. The largest absolute Gasteiger partial charge is 0.325 e. The van der Waals surface area contributed by atoms with Gasteiger partial charge in [0.2, 0.25) is 5.96 Å². The molecule has 0 aromatic heterocycles. The van der Waals surface area contributed by atoms with Crippen LogP contribution in [0.25, 0.3) is 0 Å². The lowest BCUT2D eigenvalue weighted by Gasteiger charge is -2.13. The van der Waals surface area contributed by atoms with E-state index in [1.54, 1.807) is 0 Å². The van der Waals surface area contributed by atoms with Gasteiger partial charge in [-0.3, -0.25) is 5.43 Å². The number of hydrazine groups is 1. The first-order valence-electron chi connectivity index (χ1n) is 5.66. The maximum atomic E-state index is 5.44. The molecule has 0 atom stereocenters. The smallest absolute Gasteiger partial charge is 0.210 e. The molecule has 1 aromatic carbocycles. The van der Waals surface area contributed by atoms with Crippen molar-refractivity contribution in [2.75, 3.05) is 5.32 Å². The van der Waals surface area contributed by atoms with Crippen molar-refractivity contribution in [3.8, 4) is 0 Å². The molecule has 0 aliphatic heterocycles. The highest BCUT2D eigenvalue weighted by atomic mass is 79.9. The van der Waals surface area contributed by atoms with Crippen molar-refractivity contribution in [2.45, 2.75) is 33.2 Å². The first kappa shape index (κ1) is 14.0. The van der Waals surface area contributed by atoms with E-state index in [-0.39, 0.29) is 6.04 Å². The number of nitrogens with one attached hydrogen (secondary N) is 2. The highest BCUT2D eigenvalue weighted by Gasteiger charge is 2.04. The number of guanidine groups is 1. The SMILES string of the molecule is CCc1cc(Br)ccc1NC(=NC(C)C)NN. The van der Waals surface area contributed by atoms with Crippen LogP contribution in [0.5, 0.6) is 0 Å². The lowest BCUT2D eigenvalue weighted by molar-refractivity contribution is 0.818. The van der Waals surface area contributed by atoms with Crippen LogP contribution in [0, 0.1) is 0 Å². The zero-order valence-electron chi connectivity index (χ0n) is 10.4. The monoisotopic (exact) mass is 298 g/mol. The Morgan fingerprint density at radius 3 is 2.71 bits per heavy atom. The molecule has 0 aliphatic rings. The Balaban J connectivity index is 2.93. The minimum Gasteiger partial charge on any atom is -0.325 e. The Morgan fingerprint density at radius 1 is 1.47 bits per heavy atom. The van der Waals surface area contributed by atoms with Gasteiger partial charge < -0.3 is 5.32 Å². The summed E-state index contributed by atoms with van der Waals surface area (Å²) in [6.45, 7) is 6.12. The van der Waals surface area contributed by atoms with Crippen LogP contribution in [0.3, 0.4) is 0 Å².